The van der Waals surface area contributed by atoms with E-state index in [9.17, 15) is 10.1 Å². The van der Waals surface area contributed by atoms with Crippen molar-refractivity contribution >= 4 is 17.3 Å². The first-order chi connectivity index (χ1) is 12.6. The average molecular weight is 370 g/mol. The maximum absolute atomic E-state index is 11.4. The molecule has 0 aliphatic carbocycles. The van der Waals surface area contributed by atoms with Crippen molar-refractivity contribution in [3.8, 4) is 11.5 Å². The Morgan fingerprint density at radius 3 is 2.23 bits per heavy atom. The lowest BCUT2D eigenvalue weighted by molar-refractivity contribution is -0.386. The van der Waals surface area contributed by atoms with Gasteiger partial charge in [0.25, 0.3) is 0 Å². The number of nitro benzene ring substituents is 1. The molecule has 0 heterocycles. The van der Waals surface area contributed by atoms with Crippen molar-refractivity contribution in [2.45, 2.75) is 6.10 Å². The summed E-state index contributed by atoms with van der Waals surface area (Å²) in [6.45, 7) is 0. The number of rotatable bonds is 6. The number of nitro groups is 1. The van der Waals surface area contributed by atoms with Gasteiger partial charge < -0.3 is 9.47 Å². The monoisotopic (exact) mass is 369 g/mol. The summed E-state index contributed by atoms with van der Waals surface area (Å²) in [7, 11) is 1.46. The van der Waals surface area contributed by atoms with Crippen LogP contribution in [-0.2, 0) is 0 Å². The average Bonchev–Trinajstić information content (AvgIpc) is 2.67. The highest BCUT2D eigenvalue weighted by molar-refractivity contribution is 6.30. The largest absolute Gasteiger partial charge is 0.496 e. The maximum atomic E-state index is 11.4. The zero-order valence-corrected chi connectivity index (χ0v) is 14.7. The first-order valence-electron chi connectivity index (χ1n) is 7.88. The van der Waals surface area contributed by atoms with Crippen LogP contribution in [0, 0.1) is 10.1 Å². The first kappa shape index (κ1) is 17.8. The van der Waals surface area contributed by atoms with Gasteiger partial charge in [-0.25, -0.2) is 0 Å². The van der Waals surface area contributed by atoms with Crippen molar-refractivity contribution in [3.63, 3.8) is 0 Å². The van der Waals surface area contributed by atoms with E-state index in [-0.39, 0.29) is 11.4 Å². The summed E-state index contributed by atoms with van der Waals surface area (Å²) in [5.41, 5.74) is 1.56. The van der Waals surface area contributed by atoms with Crippen molar-refractivity contribution in [3.05, 3.63) is 99.1 Å². The minimum absolute atomic E-state index is 0.153. The van der Waals surface area contributed by atoms with Gasteiger partial charge in [0.2, 0.25) is 0 Å². The molecule has 0 bridgehead atoms. The summed E-state index contributed by atoms with van der Waals surface area (Å²) in [6.07, 6.45) is -0.513. The number of hydrogen-bond donors (Lipinski definition) is 0. The van der Waals surface area contributed by atoms with Gasteiger partial charge in [-0.05, 0) is 35.4 Å². The van der Waals surface area contributed by atoms with Gasteiger partial charge in [-0.15, -0.1) is 0 Å². The quantitative estimate of drug-likeness (QED) is 0.429. The smallest absolute Gasteiger partial charge is 0.314 e. The Kier molecular flexibility index (Phi) is 5.39. The number of ether oxygens (including phenoxy) is 2. The van der Waals surface area contributed by atoms with Crippen LogP contribution in [0.2, 0.25) is 5.02 Å². The Morgan fingerprint density at radius 1 is 0.962 bits per heavy atom. The van der Waals surface area contributed by atoms with E-state index in [1.807, 2.05) is 42.5 Å². The molecule has 6 heteroatoms. The van der Waals surface area contributed by atoms with Crippen LogP contribution in [0.5, 0.6) is 11.5 Å². The van der Waals surface area contributed by atoms with Gasteiger partial charge >= 0.3 is 5.69 Å². The number of hydrogen-bond acceptors (Lipinski definition) is 4. The second-order valence-electron chi connectivity index (χ2n) is 5.55. The van der Waals surface area contributed by atoms with Gasteiger partial charge in [0.15, 0.2) is 5.75 Å². The zero-order valence-electron chi connectivity index (χ0n) is 14.0. The summed E-state index contributed by atoms with van der Waals surface area (Å²) < 4.78 is 11.2. The molecule has 5 nitrogen and oxygen atoms in total. The minimum atomic E-state index is -0.513. The van der Waals surface area contributed by atoms with Crippen molar-refractivity contribution in [1.82, 2.24) is 0 Å². The molecule has 0 radical (unpaired) electrons. The highest BCUT2D eigenvalue weighted by atomic mass is 35.5. The van der Waals surface area contributed by atoms with Gasteiger partial charge in [0, 0.05) is 5.02 Å². The first-order valence-corrected chi connectivity index (χ1v) is 8.26. The molecule has 26 heavy (non-hydrogen) atoms. The van der Waals surface area contributed by atoms with E-state index < -0.39 is 11.0 Å². The molecule has 0 unspecified atom stereocenters. The number of benzene rings is 3. The second-order valence-corrected chi connectivity index (χ2v) is 5.99. The fourth-order valence-corrected chi connectivity index (χ4v) is 2.71. The molecule has 3 aromatic rings. The summed E-state index contributed by atoms with van der Waals surface area (Å²) in [5.74, 6) is 0.561. The van der Waals surface area contributed by atoms with Crippen molar-refractivity contribution in [2.75, 3.05) is 7.11 Å². The van der Waals surface area contributed by atoms with Crippen LogP contribution in [0.3, 0.4) is 0 Å². The van der Waals surface area contributed by atoms with E-state index in [0.717, 1.165) is 11.1 Å². The van der Waals surface area contributed by atoms with E-state index in [4.69, 9.17) is 21.1 Å². The number of halogens is 1. The molecule has 0 amide bonds. The Bertz CT molecular complexity index is 897. The molecule has 3 aromatic carbocycles. The molecule has 0 spiro atoms. The molecule has 1 atom stereocenters. The van der Waals surface area contributed by atoms with Crippen LogP contribution in [0.15, 0.2) is 72.8 Å². The van der Waals surface area contributed by atoms with Crippen LogP contribution in [0.25, 0.3) is 0 Å². The minimum Gasteiger partial charge on any atom is -0.496 e. The predicted molar refractivity (Wildman–Crippen MR) is 100 cm³/mol. The van der Waals surface area contributed by atoms with Gasteiger partial charge in [0.1, 0.15) is 11.9 Å². The topological polar surface area (TPSA) is 61.6 Å². The standard InChI is InChI=1S/C20H16ClNO4/c1-25-17-11-12-19(18(13-17)22(23)24)26-20(14-5-3-2-4-6-14)15-7-9-16(21)10-8-15/h2-13,20H,1H3/t20-/m1/s1. The van der Waals surface area contributed by atoms with Crippen LogP contribution < -0.4 is 9.47 Å². The molecule has 0 saturated heterocycles. The van der Waals surface area contributed by atoms with Crippen LogP contribution >= 0.6 is 11.6 Å². The maximum Gasteiger partial charge on any atom is 0.314 e. The number of methoxy groups -OCH3 is 1. The summed E-state index contributed by atoms with van der Waals surface area (Å²) >= 11 is 5.98. The van der Waals surface area contributed by atoms with Crippen molar-refractivity contribution in [2.24, 2.45) is 0 Å². The Labute approximate surface area is 155 Å². The van der Waals surface area contributed by atoms with Gasteiger partial charge in [0.05, 0.1) is 18.1 Å². The normalized spacial score (nSPS) is 11.6. The lowest BCUT2D eigenvalue weighted by Crippen LogP contribution is -2.10. The third-order valence-electron chi connectivity index (χ3n) is 3.88. The Morgan fingerprint density at radius 2 is 1.62 bits per heavy atom. The van der Waals surface area contributed by atoms with Crippen LogP contribution in [0.4, 0.5) is 5.69 Å². The lowest BCUT2D eigenvalue weighted by atomic mass is 10.0. The van der Waals surface area contributed by atoms with Crippen LogP contribution in [0.1, 0.15) is 17.2 Å². The van der Waals surface area contributed by atoms with E-state index >= 15 is 0 Å². The van der Waals surface area contributed by atoms with E-state index in [0.29, 0.717) is 10.8 Å². The van der Waals surface area contributed by atoms with Crippen molar-refractivity contribution in [1.29, 1.82) is 0 Å². The predicted octanol–water partition coefficient (Wildman–Crippen LogP) is 5.43. The van der Waals surface area contributed by atoms with Gasteiger partial charge in [-0.2, -0.15) is 0 Å². The molecule has 0 fully saturated rings. The van der Waals surface area contributed by atoms with Gasteiger partial charge in [-0.1, -0.05) is 54.1 Å². The van der Waals surface area contributed by atoms with E-state index in [1.165, 1.54) is 13.2 Å². The summed E-state index contributed by atoms with van der Waals surface area (Å²) in [5, 5.41) is 12.0. The summed E-state index contributed by atoms with van der Waals surface area (Å²) in [6, 6.07) is 21.2. The van der Waals surface area contributed by atoms with Crippen molar-refractivity contribution < 1.29 is 14.4 Å². The second kappa shape index (κ2) is 7.89. The van der Waals surface area contributed by atoms with Gasteiger partial charge in [-0.3, -0.25) is 10.1 Å². The van der Waals surface area contributed by atoms with E-state index in [1.54, 1.807) is 24.3 Å². The molecule has 3 rings (SSSR count). The number of nitrogens with zero attached hydrogens (tertiary/aromatic N) is 1. The Balaban J connectivity index is 2.04. The lowest BCUT2D eigenvalue weighted by Gasteiger charge is -2.20. The molecule has 0 aliphatic heterocycles. The molecular formula is C20H16ClNO4. The highest BCUT2D eigenvalue weighted by Gasteiger charge is 2.22. The molecule has 0 aliphatic rings. The molecule has 0 aromatic heterocycles. The Hall–Kier alpha value is -3.05. The fraction of sp³-hybridized carbons (Fsp3) is 0.100. The SMILES string of the molecule is COc1ccc(O[C@H](c2ccccc2)c2ccc(Cl)cc2)c([N+](=O)[O-])c1. The van der Waals surface area contributed by atoms with Crippen LogP contribution in [-0.4, -0.2) is 12.0 Å². The molecule has 0 N–H and O–H groups in total. The highest BCUT2D eigenvalue weighted by Crippen LogP contribution is 2.36. The third-order valence-corrected chi connectivity index (χ3v) is 4.13. The fourth-order valence-electron chi connectivity index (χ4n) is 2.59. The summed E-state index contributed by atoms with van der Waals surface area (Å²) in [4.78, 5) is 11.0. The van der Waals surface area contributed by atoms with E-state index in [2.05, 4.69) is 0 Å². The molecule has 132 valence electrons. The molecular weight excluding hydrogens is 354 g/mol. The zero-order chi connectivity index (χ0) is 18.5. The third kappa shape index (κ3) is 3.95. The molecule has 0 saturated carbocycles.